The zero-order valence-electron chi connectivity index (χ0n) is 11.8. The molecule has 1 heterocycles. The highest BCUT2D eigenvalue weighted by Crippen LogP contribution is 2.28. The van der Waals surface area contributed by atoms with Crippen LogP contribution in [0, 0.1) is 0 Å². The second-order valence-corrected chi connectivity index (χ2v) is 4.80. The van der Waals surface area contributed by atoms with E-state index in [1.165, 1.54) is 25.0 Å². The average Bonchev–Trinajstić information content (AvgIpc) is 2.93. The highest BCUT2D eigenvalue weighted by molar-refractivity contribution is 5.88. The van der Waals surface area contributed by atoms with Gasteiger partial charge in [0.05, 0.1) is 12.2 Å². The van der Waals surface area contributed by atoms with Crippen LogP contribution in [0.2, 0.25) is 0 Å². The van der Waals surface area contributed by atoms with Gasteiger partial charge in [-0.2, -0.15) is 0 Å². The minimum Gasteiger partial charge on any atom is -0.490 e. The number of carboxylic acid groups (broad SMARTS) is 1. The van der Waals surface area contributed by atoms with Gasteiger partial charge in [0.15, 0.2) is 11.5 Å². The number of nitrogens with zero attached hydrogens (tertiary/aromatic N) is 1. The number of carboxylic acids is 1. The Morgan fingerprint density at radius 1 is 1.25 bits per heavy atom. The van der Waals surface area contributed by atoms with Gasteiger partial charge in [-0.15, -0.1) is 0 Å². The Labute approximate surface area is 119 Å². The third-order valence-corrected chi connectivity index (χ3v) is 3.35. The van der Waals surface area contributed by atoms with Crippen molar-refractivity contribution < 1.29 is 19.4 Å². The molecule has 0 saturated carbocycles. The number of benzene rings is 1. The molecule has 0 unspecified atom stereocenters. The summed E-state index contributed by atoms with van der Waals surface area (Å²) in [6, 6.07) is 4.71. The Balaban J connectivity index is 1.96. The summed E-state index contributed by atoms with van der Waals surface area (Å²) in [5.41, 5.74) is 0.209. The van der Waals surface area contributed by atoms with Crippen LogP contribution in [-0.4, -0.2) is 48.8 Å². The molecule has 0 bridgehead atoms. The summed E-state index contributed by atoms with van der Waals surface area (Å²) in [5, 5.41) is 8.98. The lowest BCUT2D eigenvalue weighted by Crippen LogP contribution is -2.25. The Hall–Kier alpha value is -1.75. The van der Waals surface area contributed by atoms with E-state index in [0.717, 1.165) is 19.6 Å². The number of ether oxygens (including phenoxy) is 2. The molecule has 0 spiro atoms. The van der Waals surface area contributed by atoms with Crippen molar-refractivity contribution in [2.24, 2.45) is 0 Å². The van der Waals surface area contributed by atoms with E-state index in [9.17, 15) is 4.79 Å². The summed E-state index contributed by atoms with van der Waals surface area (Å²) in [6.07, 6.45) is 2.52. The molecule has 1 N–H and O–H groups in total. The molecule has 0 aromatic heterocycles. The van der Waals surface area contributed by atoms with Crippen LogP contribution in [-0.2, 0) is 0 Å². The molecule has 1 fully saturated rings. The van der Waals surface area contributed by atoms with Crippen LogP contribution in [0.15, 0.2) is 18.2 Å². The van der Waals surface area contributed by atoms with Gasteiger partial charge in [-0.3, -0.25) is 4.90 Å². The number of carbonyl (C=O) groups is 1. The fourth-order valence-corrected chi connectivity index (χ4v) is 2.32. The third-order valence-electron chi connectivity index (χ3n) is 3.35. The summed E-state index contributed by atoms with van der Waals surface area (Å²) >= 11 is 0. The minimum atomic E-state index is -0.963. The van der Waals surface area contributed by atoms with Gasteiger partial charge in [0.2, 0.25) is 0 Å². The number of likely N-dealkylation sites (tertiary alicyclic amines) is 1. The summed E-state index contributed by atoms with van der Waals surface area (Å²) < 4.78 is 11.2. The quantitative estimate of drug-likeness (QED) is 0.829. The summed E-state index contributed by atoms with van der Waals surface area (Å²) in [5.74, 6) is 0.138. The van der Waals surface area contributed by atoms with E-state index in [4.69, 9.17) is 14.6 Å². The zero-order chi connectivity index (χ0) is 14.4. The highest BCUT2D eigenvalue weighted by Gasteiger charge is 2.13. The lowest BCUT2D eigenvalue weighted by Gasteiger charge is -2.16. The lowest BCUT2D eigenvalue weighted by molar-refractivity contribution is 0.0696. The van der Waals surface area contributed by atoms with Gasteiger partial charge in [0.25, 0.3) is 0 Å². The first-order chi connectivity index (χ1) is 9.70. The van der Waals surface area contributed by atoms with Crippen molar-refractivity contribution in [3.05, 3.63) is 23.8 Å². The van der Waals surface area contributed by atoms with E-state index in [1.54, 1.807) is 6.07 Å². The molecule has 0 atom stereocenters. The molecular weight excluding hydrogens is 258 g/mol. The second kappa shape index (κ2) is 7.14. The monoisotopic (exact) mass is 279 g/mol. The fraction of sp³-hybridized carbons (Fsp3) is 0.533. The number of aromatic carboxylic acids is 1. The molecule has 1 aromatic carbocycles. The predicted octanol–water partition coefficient (Wildman–Crippen LogP) is 2.26. The standard InChI is InChI=1S/C15H21NO4/c1-2-19-14-11-12(15(17)18)5-6-13(14)20-10-9-16-7-3-4-8-16/h5-6,11H,2-4,7-10H2,1H3,(H,17,18). The van der Waals surface area contributed by atoms with Gasteiger partial charge in [0.1, 0.15) is 6.61 Å². The van der Waals surface area contributed by atoms with Crippen molar-refractivity contribution in [3.63, 3.8) is 0 Å². The van der Waals surface area contributed by atoms with Crippen LogP contribution in [0.4, 0.5) is 0 Å². The first-order valence-electron chi connectivity index (χ1n) is 7.06. The minimum absolute atomic E-state index is 0.209. The van der Waals surface area contributed by atoms with E-state index in [2.05, 4.69) is 4.90 Å². The molecule has 5 nitrogen and oxygen atoms in total. The molecule has 0 aliphatic carbocycles. The van der Waals surface area contributed by atoms with Crippen molar-refractivity contribution in [1.82, 2.24) is 4.90 Å². The average molecular weight is 279 g/mol. The molecule has 0 radical (unpaired) electrons. The molecule has 2 rings (SSSR count). The number of hydrogen-bond acceptors (Lipinski definition) is 4. The maximum absolute atomic E-state index is 11.0. The van der Waals surface area contributed by atoms with Crippen LogP contribution in [0.3, 0.4) is 0 Å². The van der Waals surface area contributed by atoms with Crippen molar-refractivity contribution in [2.45, 2.75) is 19.8 Å². The smallest absolute Gasteiger partial charge is 0.335 e. The third kappa shape index (κ3) is 3.87. The Morgan fingerprint density at radius 3 is 2.65 bits per heavy atom. The van der Waals surface area contributed by atoms with E-state index in [1.807, 2.05) is 6.92 Å². The van der Waals surface area contributed by atoms with E-state index in [0.29, 0.717) is 24.7 Å². The van der Waals surface area contributed by atoms with E-state index < -0.39 is 5.97 Å². The van der Waals surface area contributed by atoms with Crippen molar-refractivity contribution in [3.8, 4) is 11.5 Å². The highest BCUT2D eigenvalue weighted by atomic mass is 16.5. The molecular formula is C15H21NO4. The molecule has 5 heteroatoms. The van der Waals surface area contributed by atoms with Crippen LogP contribution >= 0.6 is 0 Å². The molecule has 1 saturated heterocycles. The lowest BCUT2D eigenvalue weighted by atomic mass is 10.2. The van der Waals surface area contributed by atoms with E-state index in [-0.39, 0.29) is 5.56 Å². The molecule has 1 aliphatic heterocycles. The van der Waals surface area contributed by atoms with Gasteiger partial charge >= 0.3 is 5.97 Å². The molecule has 1 aromatic rings. The fourth-order valence-electron chi connectivity index (χ4n) is 2.32. The van der Waals surface area contributed by atoms with Gasteiger partial charge < -0.3 is 14.6 Å². The van der Waals surface area contributed by atoms with Gasteiger partial charge in [-0.05, 0) is 51.1 Å². The Morgan fingerprint density at radius 2 is 2.00 bits per heavy atom. The summed E-state index contributed by atoms with van der Waals surface area (Å²) in [6.45, 7) is 6.10. The van der Waals surface area contributed by atoms with Crippen LogP contribution in [0.5, 0.6) is 11.5 Å². The number of rotatable bonds is 7. The van der Waals surface area contributed by atoms with Crippen molar-refractivity contribution in [1.29, 1.82) is 0 Å². The predicted molar refractivity (Wildman–Crippen MR) is 75.7 cm³/mol. The first-order valence-corrected chi connectivity index (χ1v) is 7.06. The summed E-state index contributed by atoms with van der Waals surface area (Å²) in [4.78, 5) is 13.3. The molecule has 0 amide bonds. The zero-order valence-corrected chi connectivity index (χ0v) is 11.8. The Kier molecular flexibility index (Phi) is 5.24. The van der Waals surface area contributed by atoms with Crippen molar-refractivity contribution >= 4 is 5.97 Å². The maximum Gasteiger partial charge on any atom is 0.335 e. The molecule has 1 aliphatic rings. The van der Waals surface area contributed by atoms with Crippen LogP contribution in [0.25, 0.3) is 0 Å². The first kappa shape index (κ1) is 14.7. The van der Waals surface area contributed by atoms with Gasteiger partial charge in [0, 0.05) is 6.54 Å². The van der Waals surface area contributed by atoms with Crippen LogP contribution in [0.1, 0.15) is 30.1 Å². The van der Waals surface area contributed by atoms with Crippen LogP contribution < -0.4 is 9.47 Å². The van der Waals surface area contributed by atoms with Gasteiger partial charge in [-0.25, -0.2) is 4.79 Å². The Bertz CT molecular complexity index is 455. The molecule has 20 heavy (non-hydrogen) atoms. The van der Waals surface area contributed by atoms with Gasteiger partial charge in [-0.1, -0.05) is 0 Å². The number of hydrogen-bond donors (Lipinski definition) is 1. The topological polar surface area (TPSA) is 59.0 Å². The molecule has 110 valence electrons. The van der Waals surface area contributed by atoms with Crippen molar-refractivity contribution in [2.75, 3.05) is 32.8 Å². The SMILES string of the molecule is CCOc1cc(C(=O)O)ccc1OCCN1CCCC1. The summed E-state index contributed by atoms with van der Waals surface area (Å²) in [7, 11) is 0. The normalized spacial score (nSPS) is 15.2. The van der Waals surface area contributed by atoms with E-state index >= 15 is 0 Å². The second-order valence-electron chi connectivity index (χ2n) is 4.80. The largest absolute Gasteiger partial charge is 0.490 e. The maximum atomic E-state index is 11.0.